The number of hydrogen-bond acceptors (Lipinski definition) is 4. The van der Waals surface area contributed by atoms with Crippen molar-refractivity contribution in [2.24, 2.45) is 5.92 Å². The normalized spacial score (nSPS) is 24.2. The lowest BCUT2D eigenvalue weighted by atomic mass is 9.76. The van der Waals surface area contributed by atoms with Crippen LogP contribution in [0, 0.1) is 5.92 Å². The molecule has 2 N–H and O–H groups in total. The Morgan fingerprint density at radius 1 is 1.28 bits per heavy atom. The lowest BCUT2D eigenvalue weighted by Crippen LogP contribution is -2.62. The maximum atomic E-state index is 13.2. The van der Waals surface area contributed by atoms with Crippen molar-refractivity contribution in [1.82, 2.24) is 20.5 Å². The first-order valence-electron chi connectivity index (χ1n) is 10.1. The lowest BCUT2D eigenvalue weighted by molar-refractivity contribution is -0.127. The highest BCUT2D eigenvalue weighted by molar-refractivity contribution is 5.98. The minimum atomic E-state index is -0.608. The monoisotopic (exact) mass is 392 g/mol. The fraction of sp³-hybridized carbons (Fsp3) is 0.435. The Labute approximate surface area is 171 Å². The number of carbonyl (C=O) groups excluding carboxylic acids is 2. The molecule has 1 spiro atoms. The Hall–Kier alpha value is -2.73. The third kappa shape index (κ3) is 4.03. The Balaban J connectivity index is 1.65. The fourth-order valence-electron chi connectivity index (χ4n) is 4.55. The fourth-order valence-corrected chi connectivity index (χ4v) is 4.55. The van der Waals surface area contributed by atoms with Crippen LogP contribution < -0.4 is 10.6 Å². The number of pyridine rings is 1. The molecule has 3 heterocycles. The summed E-state index contributed by atoms with van der Waals surface area (Å²) in [4.78, 5) is 32.6. The van der Waals surface area contributed by atoms with Gasteiger partial charge in [0.1, 0.15) is 0 Å². The number of carbonyl (C=O) groups is 2. The molecule has 0 radical (unpaired) electrons. The number of amides is 2. The molecule has 1 fully saturated rings. The van der Waals surface area contributed by atoms with Crippen LogP contribution in [0.5, 0.6) is 0 Å². The van der Waals surface area contributed by atoms with Crippen LogP contribution in [0.2, 0.25) is 0 Å². The van der Waals surface area contributed by atoms with Crippen molar-refractivity contribution in [2.45, 2.75) is 44.8 Å². The molecule has 2 amide bonds. The van der Waals surface area contributed by atoms with E-state index in [0.717, 1.165) is 11.1 Å². The van der Waals surface area contributed by atoms with Crippen LogP contribution in [-0.2, 0) is 17.8 Å². The molecular formula is C23H28N4O2. The number of nitrogens with one attached hydrogen (secondary N) is 2. The molecule has 1 saturated heterocycles. The second-order valence-corrected chi connectivity index (χ2v) is 9.27. The van der Waals surface area contributed by atoms with Gasteiger partial charge in [-0.2, -0.15) is 0 Å². The average molecular weight is 393 g/mol. The van der Waals surface area contributed by atoms with E-state index in [4.69, 9.17) is 0 Å². The molecule has 152 valence electrons. The first kappa shape index (κ1) is 19.6. The average Bonchev–Trinajstić information content (AvgIpc) is 2.98. The third-order valence-corrected chi connectivity index (χ3v) is 5.69. The van der Waals surface area contributed by atoms with Crippen molar-refractivity contribution in [3.8, 4) is 0 Å². The van der Waals surface area contributed by atoms with Crippen molar-refractivity contribution < 1.29 is 9.59 Å². The van der Waals surface area contributed by atoms with Crippen LogP contribution in [0.4, 0.5) is 0 Å². The molecule has 6 heteroatoms. The lowest BCUT2D eigenvalue weighted by Gasteiger charge is -2.40. The molecule has 2 aromatic rings. The van der Waals surface area contributed by atoms with Gasteiger partial charge in [0.25, 0.3) is 5.91 Å². The summed E-state index contributed by atoms with van der Waals surface area (Å²) >= 11 is 0. The van der Waals surface area contributed by atoms with Gasteiger partial charge in [-0.15, -0.1) is 0 Å². The number of benzene rings is 1. The van der Waals surface area contributed by atoms with Crippen molar-refractivity contribution in [1.29, 1.82) is 0 Å². The van der Waals surface area contributed by atoms with Crippen LogP contribution in [0.15, 0.2) is 48.8 Å². The molecule has 29 heavy (non-hydrogen) atoms. The quantitative estimate of drug-likeness (QED) is 0.839. The van der Waals surface area contributed by atoms with E-state index in [2.05, 4.69) is 20.5 Å². The first-order valence-corrected chi connectivity index (χ1v) is 10.1. The van der Waals surface area contributed by atoms with Crippen molar-refractivity contribution in [2.75, 3.05) is 13.1 Å². The third-order valence-electron chi connectivity index (χ3n) is 5.69. The second kappa shape index (κ2) is 7.26. The largest absolute Gasteiger partial charge is 0.351 e. The van der Waals surface area contributed by atoms with E-state index in [1.54, 1.807) is 6.20 Å². The molecule has 1 aromatic heterocycles. The van der Waals surface area contributed by atoms with Crippen molar-refractivity contribution >= 4 is 11.8 Å². The summed E-state index contributed by atoms with van der Waals surface area (Å²) in [6.45, 7) is 7.87. The standard InChI is InChI=1S/C23H28N4O2/c1-22(2,3)25-21(29)19-14-27(13-16-7-6-10-24-12-16)15-23(19)11-17-8-4-5-9-18(17)20(28)26-23/h4-10,12,19H,11,13-15H2,1-3H3,(H,25,29)(H,26,28)/t19-,23+/m0/s1. The summed E-state index contributed by atoms with van der Waals surface area (Å²) in [5.41, 5.74) is 1.88. The predicted molar refractivity (Wildman–Crippen MR) is 111 cm³/mol. The molecular weight excluding hydrogens is 364 g/mol. The minimum absolute atomic E-state index is 0.00846. The minimum Gasteiger partial charge on any atom is -0.351 e. The highest BCUT2D eigenvalue weighted by Crippen LogP contribution is 2.36. The van der Waals surface area contributed by atoms with E-state index in [9.17, 15) is 9.59 Å². The van der Waals surface area contributed by atoms with Gasteiger partial charge in [-0.3, -0.25) is 19.5 Å². The maximum absolute atomic E-state index is 13.2. The van der Waals surface area contributed by atoms with Crippen LogP contribution in [0.1, 0.15) is 42.3 Å². The molecule has 4 rings (SSSR count). The zero-order valence-electron chi connectivity index (χ0n) is 17.2. The SMILES string of the molecule is CC(C)(C)NC(=O)[C@@H]1CN(Cc2cccnc2)C[C@]12Cc1ccccc1C(=O)N2. The number of rotatable bonds is 3. The second-order valence-electron chi connectivity index (χ2n) is 9.27. The number of nitrogens with zero attached hydrogens (tertiary/aromatic N) is 2. The van der Waals surface area contributed by atoms with Crippen LogP contribution >= 0.6 is 0 Å². The van der Waals surface area contributed by atoms with E-state index in [0.29, 0.717) is 31.6 Å². The molecule has 0 aliphatic carbocycles. The summed E-state index contributed by atoms with van der Waals surface area (Å²) in [5, 5.41) is 6.35. The van der Waals surface area contributed by atoms with Gasteiger partial charge in [0.05, 0.1) is 11.5 Å². The Morgan fingerprint density at radius 2 is 2.07 bits per heavy atom. The zero-order valence-corrected chi connectivity index (χ0v) is 17.2. The van der Waals surface area contributed by atoms with Gasteiger partial charge in [-0.1, -0.05) is 24.3 Å². The topological polar surface area (TPSA) is 74.3 Å². The molecule has 0 saturated carbocycles. The van der Waals surface area contributed by atoms with E-state index >= 15 is 0 Å². The van der Waals surface area contributed by atoms with Gasteiger partial charge in [0.2, 0.25) is 5.91 Å². The molecule has 6 nitrogen and oxygen atoms in total. The van der Waals surface area contributed by atoms with E-state index < -0.39 is 5.54 Å². The van der Waals surface area contributed by atoms with Gasteiger partial charge in [-0.25, -0.2) is 0 Å². The summed E-state index contributed by atoms with van der Waals surface area (Å²) in [7, 11) is 0. The van der Waals surface area contributed by atoms with Gasteiger partial charge < -0.3 is 10.6 Å². The summed E-state index contributed by atoms with van der Waals surface area (Å²) in [6.07, 6.45) is 4.26. The van der Waals surface area contributed by atoms with Crippen molar-refractivity contribution in [3.63, 3.8) is 0 Å². The number of hydrogen-bond donors (Lipinski definition) is 2. The van der Waals surface area contributed by atoms with Crippen molar-refractivity contribution in [3.05, 3.63) is 65.5 Å². The molecule has 2 atom stereocenters. The molecule has 0 unspecified atom stereocenters. The van der Waals surface area contributed by atoms with Gasteiger partial charge in [-0.05, 0) is 50.5 Å². The zero-order chi connectivity index (χ0) is 20.6. The van der Waals surface area contributed by atoms with E-state index in [1.165, 1.54) is 0 Å². The highest BCUT2D eigenvalue weighted by atomic mass is 16.2. The molecule has 1 aromatic carbocycles. The van der Waals surface area contributed by atoms with Crippen LogP contribution in [0.3, 0.4) is 0 Å². The summed E-state index contributed by atoms with van der Waals surface area (Å²) < 4.78 is 0. The van der Waals surface area contributed by atoms with E-state index in [1.807, 2.05) is 63.4 Å². The first-order chi connectivity index (χ1) is 13.8. The molecule has 2 aliphatic rings. The number of fused-ring (bicyclic) bond motifs is 1. The summed E-state index contributed by atoms with van der Waals surface area (Å²) in [6, 6.07) is 11.6. The summed E-state index contributed by atoms with van der Waals surface area (Å²) in [5.74, 6) is -0.426. The van der Waals surface area contributed by atoms with E-state index in [-0.39, 0.29) is 23.3 Å². The highest BCUT2D eigenvalue weighted by Gasteiger charge is 2.53. The molecule has 0 bridgehead atoms. The smallest absolute Gasteiger partial charge is 0.252 e. The van der Waals surface area contributed by atoms with Crippen LogP contribution in [0.25, 0.3) is 0 Å². The molecule has 2 aliphatic heterocycles. The maximum Gasteiger partial charge on any atom is 0.252 e. The van der Waals surface area contributed by atoms with Gasteiger partial charge in [0.15, 0.2) is 0 Å². The number of likely N-dealkylation sites (tertiary alicyclic amines) is 1. The van der Waals surface area contributed by atoms with Gasteiger partial charge >= 0.3 is 0 Å². The predicted octanol–water partition coefficient (Wildman–Crippen LogP) is 2.15. The van der Waals surface area contributed by atoms with Gasteiger partial charge in [0, 0.05) is 43.1 Å². The number of aromatic nitrogens is 1. The Morgan fingerprint density at radius 3 is 2.79 bits per heavy atom. The Bertz CT molecular complexity index is 922. The van der Waals surface area contributed by atoms with Crippen LogP contribution in [-0.4, -0.2) is 45.9 Å². The Kier molecular flexibility index (Phi) is 4.90.